The normalized spacial score (nSPS) is 11.2. The van der Waals surface area contributed by atoms with Crippen LogP contribution in [0.4, 0.5) is 9.18 Å². The highest BCUT2D eigenvalue weighted by molar-refractivity contribution is 7.21. The minimum absolute atomic E-state index is 0.0613. The molecule has 0 spiro atoms. The number of ether oxygens (including phenoxy) is 3. The summed E-state index contributed by atoms with van der Waals surface area (Å²) in [6.07, 6.45) is 4.32. The van der Waals surface area contributed by atoms with E-state index in [9.17, 15) is 9.18 Å². The molecular formula is C25H22ClFN6O4S. The quantitative estimate of drug-likeness (QED) is 0.264. The van der Waals surface area contributed by atoms with Gasteiger partial charge in [0.2, 0.25) is 5.88 Å². The number of carbonyl (C=O) groups is 1. The topological polar surface area (TPSA) is 113 Å². The molecule has 13 heteroatoms. The molecule has 0 fully saturated rings. The van der Waals surface area contributed by atoms with Gasteiger partial charge in [0, 0.05) is 24.9 Å². The van der Waals surface area contributed by atoms with Crippen LogP contribution in [0.2, 0.25) is 5.02 Å². The number of aromatic nitrogens is 5. The van der Waals surface area contributed by atoms with Crippen LogP contribution in [0.1, 0.15) is 11.3 Å². The third-order valence-electron chi connectivity index (χ3n) is 5.49. The van der Waals surface area contributed by atoms with Crippen molar-refractivity contribution in [1.82, 2.24) is 29.8 Å². The van der Waals surface area contributed by atoms with E-state index >= 15 is 0 Å². The van der Waals surface area contributed by atoms with Gasteiger partial charge in [0.25, 0.3) is 0 Å². The molecule has 0 saturated heterocycles. The maximum atomic E-state index is 15.0. The number of carbonyl (C=O) groups excluding carboxylic acids is 1. The van der Waals surface area contributed by atoms with Gasteiger partial charge in [0.1, 0.15) is 28.8 Å². The Bertz CT molecular complexity index is 1660. The number of nitrogens with zero attached hydrogens (tertiary/aromatic N) is 5. The molecule has 3 aromatic heterocycles. The van der Waals surface area contributed by atoms with Crippen LogP contribution in [-0.2, 0) is 18.3 Å². The summed E-state index contributed by atoms with van der Waals surface area (Å²) in [5, 5.41) is 3.04. The number of hydrogen-bond donors (Lipinski definition) is 1. The van der Waals surface area contributed by atoms with Crippen LogP contribution in [0.25, 0.3) is 31.8 Å². The molecule has 0 bridgehead atoms. The van der Waals surface area contributed by atoms with Gasteiger partial charge in [0.05, 0.1) is 47.6 Å². The maximum Gasteiger partial charge on any atom is 0.407 e. The van der Waals surface area contributed by atoms with Gasteiger partial charge in [0.15, 0.2) is 11.6 Å². The lowest BCUT2D eigenvalue weighted by Crippen LogP contribution is -2.25. The van der Waals surface area contributed by atoms with Gasteiger partial charge in [-0.3, -0.25) is 0 Å². The molecule has 38 heavy (non-hydrogen) atoms. The van der Waals surface area contributed by atoms with Gasteiger partial charge < -0.3 is 24.1 Å². The van der Waals surface area contributed by atoms with E-state index in [2.05, 4.69) is 25.3 Å². The Morgan fingerprint density at radius 1 is 1.18 bits per heavy atom. The molecule has 5 aromatic rings. The molecule has 196 valence electrons. The first-order valence-electron chi connectivity index (χ1n) is 11.4. The number of fused-ring (bicyclic) bond motifs is 2. The molecule has 0 atom stereocenters. The lowest BCUT2D eigenvalue weighted by Gasteiger charge is -2.09. The van der Waals surface area contributed by atoms with Crippen LogP contribution in [0.3, 0.4) is 0 Å². The van der Waals surface area contributed by atoms with Crippen molar-refractivity contribution < 1.29 is 23.4 Å². The summed E-state index contributed by atoms with van der Waals surface area (Å²) in [6, 6.07) is 5.38. The van der Waals surface area contributed by atoms with Crippen molar-refractivity contribution in [1.29, 1.82) is 0 Å². The molecule has 0 unspecified atom stereocenters. The van der Waals surface area contributed by atoms with Crippen LogP contribution in [0, 0.1) is 12.7 Å². The molecule has 0 radical (unpaired) electrons. The smallest absolute Gasteiger partial charge is 0.407 e. The summed E-state index contributed by atoms with van der Waals surface area (Å²) in [6.45, 7) is 2.01. The zero-order chi connectivity index (χ0) is 26.8. The molecule has 1 amide bonds. The van der Waals surface area contributed by atoms with Crippen LogP contribution in [0.5, 0.6) is 11.6 Å². The van der Waals surface area contributed by atoms with E-state index in [0.29, 0.717) is 37.8 Å². The predicted octanol–water partition coefficient (Wildman–Crippen LogP) is 5.05. The van der Waals surface area contributed by atoms with E-state index in [0.717, 1.165) is 11.1 Å². The van der Waals surface area contributed by atoms with Crippen LogP contribution in [0.15, 0.2) is 36.9 Å². The molecule has 0 saturated carbocycles. The summed E-state index contributed by atoms with van der Waals surface area (Å²) < 4.78 is 33.2. The third kappa shape index (κ3) is 5.31. The first-order valence-corrected chi connectivity index (χ1v) is 12.6. The second-order valence-electron chi connectivity index (χ2n) is 8.33. The zero-order valence-electron chi connectivity index (χ0n) is 20.6. The number of hydrogen-bond acceptors (Lipinski definition) is 9. The Labute approximate surface area is 225 Å². The Balaban J connectivity index is 1.30. The largest absolute Gasteiger partial charge is 0.487 e. The number of imidazole rings is 1. The second-order valence-corrected chi connectivity index (χ2v) is 9.74. The average Bonchev–Trinajstić information content (AvgIpc) is 3.53. The number of rotatable bonds is 8. The number of halogens is 2. The highest BCUT2D eigenvalue weighted by atomic mass is 35.5. The minimum atomic E-state index is -0.741. The Morgan fingerprint density at radius 3 is 2.79 bits per heavy atom. The third-order valence-corrected chi connectivity index (χ3v) is 6.87. The van der Waals surface area contributed by atoms with E-state index in [1.54, 1.807) is 17.1 Å². The van der Waals surface area contributed by atoms with Gasteiger partial charge in [-0.25, -0.2) is 29.1 Å². The number of alkyl carbamates (subject to hydrolysis) is 1. The number of aryl methyl sites for hydroxylation is 2. The molecule has 0 aliphatic heterocycles. The number of amides is 1. The molecule has 2 aromatic carbocycles. The lowest BCUT2D eigenvalue weighted by molar-refractivity contribution is 0.123. The summed E-state index contributed by atoms with van der Waals surface area (Å²) in [7, 11) is 3.36. The molecule has 5 rings (SSSR count). The summed E-state index contributed by atoms with van der Waals surface area (Å²) in [4.78, 5) is 29.5. The number of thiazole rings is 1. The van der Waals surface area contributed by atoms with Crippen LogP contribution >= 0.6 is 22.9 Å². The van der Waals surface area contributed by atoms with Gasteiger partial charge in [-0.2, -0.15) is 0 Å². The highest BCUT2D eigenvalue weighted by Crippen LogP contribution is 2.40. The fraction of sp³-hybridized carbons (Fsp3) is 0.240. The second kappa shape index (κ2) is 10.8. The summed E-state index contributed by atoms with van der Waals surface area (Å²) in [5.74, 6) is -0.400. The van der Waals surface area contributed by atoms with E-state index in [-0.39, 0.29) is 30.5 Å². The number of methoxy groups -OCH3 is 1. The number of benzene rings is 2. The molecule has 1 N–H and O–H groups in total. The molecule has 10 nitrogen and oxygen atoms in total. The van der Waals surface area contributed by atoms with E-state index in [4.69, 9.17) is 25.8 Å². The van der Waals surface area contributed by atoms with Crippen molar-refractivity contribution in [2.24, 2.45) is 7.05 Å². The standard InChI is InChI=1S/C25H22ClFN6O4S/c1-13-6-15(22-16(7-13)31-19(35-3)10-28-22)24-32-23-18(38-24)8-17(21(27)20(23)26)36-4-5-37-25(34)29-9-14-11-33(2)12-30-14/h6-8,10-12H,4-5,9H2,1-3H3,(H,29,34). The minimum Gasteiger partial charge on any atom is -0.487 e. The molecule has 0 aliphatic rings. The first kappa shape index (κ1) is 25.6. The lowest BCUT2D eigenvalue weighted by atomic mass is 10.1. The molecular weight excluding hydrogens is 535 g/mol. The van der Waals surface area contributed by atoms with Gasteiger partial charge in [-0.05, 0) is 24.6 Å². The summed E-state index contributed by atoms with van der Waals surface area (Å²) in [5.41, 5.74) is 4.02. The average molecular weight is 557 g/mol. The van der Waals surface area contributed by atoms with Gasteiger partial charge in [-0.15, -0.1) is 11.3 Å². The number of nitrogens with one attached hydrogen (secondary N) is 1. The Kier molecular flexibility index (Phi) is 7.25. The van der Waals surface area contributed by atoms with E-state index in [1.807, 2.05) is 26.1 Å². The highest BCUT2D eigenvalue weighted by Gasteiger charge is 2.20. The van der Waals surface area contributed by atoms with Crippen molar-refractivity contribution in [3.8, 4) is 22.2 Å². The van der Waals surface area contributed by atoms with Crippen molar-refractivity contribution in [3.05, 3.63) is 59.0 Å². The van der Waals surface area contributed by atoms with E-state index in [1.165, 1.54) is 30.7 Å². The van der Waals surface area contributed by atoms with Gasteiger partial charge in [-0.1, -0.05) is 11.6 Å². The van der Waals surface area contributed by atoms with Crippen molar-refractivity contribution >= 4 is 50.3 Å². The maximum absolute atomic E-state index is 15.0. The predicted molar refractivity (Wildman–Crippen MR) is 141 cm³/mol. The van der Waals surface area contributed by atoms with Crippen LogP contribution < -0.4 is 14.8 Å². The zero-order valence-corrected chi connectivity index (χ0v) is 22.2. The Morgan fingerprint density at radius 2 is 2.03 bits per heavy atom. The summed E-state index contributed by atoms with van der Waals surface area (Å²) >= 11 is 7.65. The fourth-order valence-corrected chi connectivity index (χ4v) is 5.08. The monoisotopic (exact) mass is 556 g/mol. The van der Waals surface area contributed by atoms with E-state index < -0.39 is 11.9 Å². The fourth-order valence-electron chi connectivity index (χ4n) is 3.77. The Hall–Kier alpha value is -4.03. The molecule has 3 heterocycles. The van der Waals surface area contributed by atoms with Gasteiger partial charge >= 0.3 is 6.09 Å². The molecule has 0 aliphatic carbocycles. The van der Waals surface area contributed by atoms with Crippen LogP contribution in [-0.4, -0.2) is 50.9 Å². The van der Waals surface area contributed by atoms with Crippen molar-refractivity contribution in [2.75, 3.05) is 20.3 Å². The van der Waals surface area contributed by atoms with Crippen molar-refractivity contribution in [3.63, 3.8) is 0 Å². The SMILES string of the molecule is COc1cnc2c(-c3nc4c(Cl)c(F)c(OCCOC(=O)NCc5cn(C)cn5)cc4s3)cc(C)cc2n1. The first-order chi connectivity index (χ1) is 18.3. The van der Waals surface area contributed by atoms with Crippen molar-refractivity contribution in [2.45, 2.75) is 13.5 Å².